The zero-order chi connectivity index (χ0) is 12.3. The van der Waals surface area contributed by atoms with Crippen LogP contribution in [0.3, 0.4) is 0 Å². The molecular weight excluding hydrogens is 237 g/mol. The van der Waals surface area contributed by atoms with Gasteiger partial charge in [-0.2, -0.15) is 11.3 Å². The van der Waals surface area contributed by atoms with E-state index in [1.807, 2.05) is 16.8 Å². The Kier molecular flexibility index (Phi) is 3.76. The van der Waals surface area contributed by atoms with Crippen molar-refractivity contribution in [1.82, 2.24) is 0 Å². The van der Waals surface area contributed by atoms with Crippen molar-refractivity contribution in [3.8, 4) is 5.75 Å². The van der Waals surface area contributed by atoms with Crippen LogP contribution in [0.15, 0.2) is 35.0 Å². The summed E-state index contributed by atoms with van der Waals surface area (Å²) in [7, 11) is 0. The number of rotatable bonds is 4. The van der Waals surface area contributed by atoms with Gasteiger partial charge in [0, 0.05) is 12.1 Å². The summed E-state index contributed by atoms with van der Waals surface area (Å²) in [5.41, 5.74) is 7.31. The minimum atomic E-state index is -0.225. The van der Waals surface area contributed by atoms with E-state index in [-0.39, 0.29) is 11.9 Å². The summed E-state index contributed by atoms with van der Waals surface area (Å²) in [6.07, 6.45) is -0.175. The molecule has 1 aromatic heterocycles. The van der Waals surface area contributed by atoms with Gasteiger partial charge in [0.15, 0.2) is 0 Å². The van der Waals surface area contributed by atoms with Gasteiger partial charge in [-0.25, -0.2) is 4.39 Å². The van der Waals surface area contributed by atoms with Crippen LogP contribution in [0.2, 0.25) is 0 Å². The highest BCUT2D eigenvalue weighted by Gasteiger charge is 2.12. The molecule has 0 saturated heterocycles. The van der Waals surface area contributed by atoms with Crippen molar-refractivity contribution in [2.24, 2.45) is 5.73 Å². The van der Waals surface area contributed by atoms with Crippen molar-refractivity contribution in [3.05, 3.63) is 52.0 Å². The van der Waals surface area contributed by atoms with E-state index >= 15 is 0 Å². The number of aryl methyl sites for hydroxylation is 1. The lowest BCUT2D eigenvalue weighted by Gasteiger charge is -2.16. The largest absolute Gasteiger partial charge is 0.484 e. The Morgan fingerprint density at radius 2 is 2.24 bits per heavy atom. The third-order valence-corrected chi connectivity index (χ3v) is 3.24. The molecule has 0 fully saturated rings. The predicted molar refractivity (Wildman–Crippen MR) is 67.9 cm³/mol. The molecule has 2 rings (SSSR count). The van der Waals surface area contributed by atoms with Gasteiger partial charge in [-0.05, 0) is 47.5 Å². The number of benzene rings is 1. The highest BCUT2D eigenvalue weighted by molar-refractivity contribution is 7.07. The van der Waals surface area contributed by atoms with Crippen LogP contribution in [-0.2, 0) is 0 Å². The molecule has 1 heterocycles. The number of halogens is 1. The van der Waals surface area contributed by atoms with Gasteiger partial charge in [0.05, 0.1) is 0 Å². The van der Waals surface area contributed by atoms with Crippen molar-refractivity contribution in [2.75, 3.05) is 6.54 Å². The molecule has 1 unspecified atom stereocenters. The van der Waals surface area contributed by atoms with Crippen molar-refractivity contribution in [2.45, 2.75) is 13.0 Å². The monoisotopic (exact) mass is 251 g/mol. The molecule has 0 aliphatic heterocycles. The lowest BCUT2D eigenvalue weighted by atomic mass is 10.2. The Bertz CT molecular complexity index is 484. The summed E-state index contributed by atoms with van der Waals surface area (Å²) < 4.78 is 18.9. The molecule has 2 aromatic rings. The van der Waals surface area contributed by atoms with Gasteiger partial charge in [-0.3, -0.25) is 0 Å². The highest BCUT2D eigenvalue weighted by Crippen LogP contribution is 2.24. The number of nitrogens with two attached hydrogens (primary N) is 1. The van der Waals surface area contributed by atoms with Gasteiger partial charge < -0.3 is 10.5 Å². The van der Waals surface area contributed by atoms with E-state index < -0.39 is 0 Å². The van der Waals surface area contributed by atoms with Gasteiger partial charge in [0.25, 0.3) is 0 Å². The molecule has 90 valence electrons. The molecule has 2 nitrogen and oxygen atoms in total. The van der Waals surface area contributed by atoms with Crippen molar-refractivity contribution in [1.29, 1.82) is 0 Å². The first-order valence-corrected chi connectivity index (χ1v) is 6.30. The summed E-state index contributed by atoms with van der Waals surface area (Å²) in [6.45, 7) is 2.11. The minimum Gasteiger partial charge on any atom is -0.484 e. The molecule has 4 heteroatoms. The van der Waals surface area contributed by atoms with Gasteiger partial charge in [-0.15, -0.1) is 0 Å². The van der Waals surface area contributed by atoms with Crippen LogP contribution < -0.4 is 10.5 Å². The molecule has 0 amide bonds. The van der Waals surface area contributed by atoms with Crippen LogP contribution in [0.5, 0.6) is 5.75 Å². The zero-order valence-corrected chi connectivity index (χ0v) is 10.3. The maximum absolute atomic E-state index is 13.1. The molecule has 0 aliphatic rings. The first kappa shape index (κ1) is 12.1. The maximum Gasteiger partial charge on any atom is 0.137 e. The van der Waals surface area contributed by atoms with E-state index in [9.17, 15) is 4.39 Å². The van der Waals surface area contributed by atoms with Crippen LogP contribution in [-0.4, -0.2) is 6.54 Å². The summed E-state index contributed by atoms with van der Waals surface area (Å²) in [5.74, 6) is 0.419. The molecule has 2 N–H and O–H groups in total. The topological polar surface area (TPSA) is 35.2 Å². The van der Waals surface area contributed by atoms with Crippen LogP contribution >= 0.6 is 11.3 Å². The molecule has 0 spiro atoms. The van der Waals surface area contributed by atoms with E-state index in [1.165, 1.54) is 6.07 Å². The molecule has 0 bridgehead atoms. The number of hydrogen-bond donors (Lipinski definition) is 1. The lowest BCUT2D eigenvalue weighted by molar-refractivity contribution is 0.214. The van der Waals surface area contributed by atoms with Crippen LogP contribution in [0.25, 0.3) is 0 Å². The van der Waals surface area contributed by atoms with E-state index in [1.54, 1.807) is 30.4 Å². The zero-order valence-electron chi connectivity index (χ0n) is 9.52. The third kappa shape index (κ3) is 2.84. The van der Waals surface area contributed by atoms with Gasteiger partial charge in [0.2, 0.25) is 0 Å². The second kappa shape index (κ2) is 5.29. The average Bonchev–Trinajstić information content (AvgIpc) is 2.84. The van der Waals surface area contributed by atoms with Gasteiger partial charge >= 0.3 is 0 Å². The van der Waals surface area contributed by atoms with Crippen LogP contribution in [0.4, 0.5) is 4.39 Å². The standard InChI is InChI=1S/C13H14FNOS/c1-9-6-11(2-3-12(9)14)16-13(7-15)10-4-5-17-8-10/h2-6,8,13H,7,15H2,1H3. The molecule has 0 aliphatic carbocycles. The number of hydrogen-bond acceptors (Lipinski definition) is 3. The van der Waals surface area contributed by atoms with E-state index in [2.05, 4.69) is 0 Å². The first-order valence-electron chi connectivity index (χ1n) is 5.35. The van der Waals surface area contributed by atoms with Crippen LogP contribution in [0, 0.1) is 12.7 Å². The molecule has 17 heavy (non-hydrogen) atoms. The third-order valence-electron chi connectivity index (χ3n) is 2.54. The van der Waals surface area contributed by atoms with Crippen molar-refractivity contribution >= 4 is 11.3 Å². The molecule has 0 saturated carbocycles. The Hall–Kier alpha value is -1.39. The first-order chi connectivity index (χ1) is 8.20. The van der Waals surface area contributed by atoms with Gasteiger partial charge in [-0.1, -0.05) is 0 Å². The minimum absolute atomic E-state index is 0.175. The Morgan fingerprint density at radius 1 is 1.41 bits per heavy atom. The average molecular weight is 251 g/mol. The second-order valence-corrected chi connectivity index (χ2v) is 4.59. The fraction of sp³-hybridized carbons (Fsp3) is 0.231. The van der Waals surface area contributed by atoms with E-state index in [0.717, 1.165) is 5.56 Å². The SMILES string of the molecule is Cc1cc(OC(CN)c2ccsc2)ccc1F. The van der Waals surface area contributed by atoms with Gasteiger partial charge in [0.1, 0.15) is 17.7 Å². The highest BCUT2D eigenvalue weighted by atomic mass is 32.1. The predicted octanol–water partition coefficient (Wildman–Crippen LogP) is 3.27. The normalized spacial score (nSPS) is 12.4. The van der Waals surface area contributed by atoms with E-state index in [4.69, 9.17) is 10.5 Å². The van der Waals surface area contributed by atoms with Crippen molar-refractivity contribution in [3.63, 3.8) is 0 Å². The molecule has 1 aromatic carbocycles. The Labute approximate surface area is 104 Å². The summed E-state index contributed by atoms with van der Waals surface area (Å²) in [5, 5.41) is 3.99. The summed E-state index contributed by atoms with van der Waals surface area (Å²) in [4.78, 5) is 0. The summed E-state index contributed by atoms with van der Waals surface area (Å²) >= 11 is 1.60. The molecule has 0 radical (unpaired) electrons. The fourth-order valence-electron chi connectivity index (χ4n) is 1.57. The second-order valence-electron chi connectivity index (χ2n) is 3.81. The quantitative estimate of drug-likeness (QED) is 0.905. The van der Waals surface area contributed by atoms with E-state index in [0.29, 0.717) is 17.9 Å². The fourth-order valence-corrected chi connectivity index (χ4v) is 2.27. The molecular formula is C13H14FNOS. The number of thiophene rings is 1. The lowest BCUT2D eigenvalue weighted by Crippen LogP contribution is -2.17. The summed E-state index contributed by atoms with van der Waals surface area (Å²) in [6, 6.07) is 6.70. The number of ether oxygens (including phenoxy) is 1. The Morgan fingerprint density at radius 3 is 2.82 bits per heavy atom. The maximum atomic E-state index is 13.1. The molecule has 1 atom stereocenters. The van der Waals surface area contributed by atoms with Crippen molar-refractivity contribution < 1.29 is 9.13 Å². The Balaban J connectivity index is 2.16. The van der Waals surface area contributed by atoms with Crippen LogP contribution in [0.1, 0.15) is 17.2 Å². The smallest absolute Gasteiger partial charge is 0.137 e.